The second-order valence-electron chi connectivity index (χ2n) is 2.96. The number of hydrogen-bond donors (Lipinski definition) is 0. The largest absolute Gasteiger partial charge is 0.462 e. The molecule has 78 valence electrons. The zero-order valence-corrected chi connectivity index (χ0v) is 8.86. The van der Waals surface area contributed by atoms with Gasteiger partial charge in [-0.3, -0.25) is 0 Å². The Hall–Kier alpha value is -1.55. The third-order valence-corrected chi connectivity index (χ3v) is 2.28. The molecular formula is C10H9ClN2O2. The fourth-order valence-electron chi connectivity index (χ4n) is 1.33. The molecule has 5 heteroatoms. The smallest absolute Gasteiger partial charge is 0.339 e. The van der Waals surface area contributed by atoms with Crippen LogP contribution in [0.5, 0.6) is 0 Å². The Morgan fingerprint density at radius 2 is 2.47 bits per heavy atom. The lowest BCUT2D eigenvalue weighted by molar-refractivity contribution is 0.0526. The van der Waals surface area contributed by atoms with E-state index in [0.717, 1.165) is 0 Å². The number of esters is 1. The molecule has 0 bridgehead atoms. The first-order valence-electron chi connectivity index (χ1n) is 4.51. The van der Waals surface area contributed by atoms with Gasteiger partial charge in [-0.2, -0.15) is 0 Å². The van der Waals surface area contributed by atoms with E-state index in [0.29, 0.717) is 22.8 Å². The SMILES string of the molecule is CCOC(=O)c1cc2c(Cl)nccn2c1. The summed E-state index contributed by atoms with van der Waals surface area (Å²) in [6.07, 6.45) is 4.97. The lowest BCUT2D eigenvalue weighted by Gasteiger charge is -1.96. The lowest BCUT2D eigenvalue weighted by atomic mass is 10.3. The molecular weight excluding hydrogens is 216 g/mol. The Kier molecular flexibility index (Phi) is 2.60. The van der Waals surface area contributed by atoms with Crippen molar-refractivity contribution in [2.24, 2.45) is 0 Å². The van der Waals surface area contributed by atoms with Crippen molar-refractivity contribution in [1.82, 2.24) is 9.38 Å². The van der Waals surface area contributed by atoms with Crippen LogP contribution >= 0.6 is 11.6 Å². The first-order valence-corrected chi connectivity index (χ1v) is 4.89. The van der Waals surface area contributed by atoms with Gasteiger partial charge in [-0.05, 0) is 13.0 Å². The summed E-state index contributed by atoms with van der Waals surface area (Å²) in [5.41, 5.74) is 1.17. The maximum atomic E-state index is 11.4. The molecule has 0 aliphatic rings. The maximum absolute atomic E-state index is 11.4. The number of nitrogens with zero attached hydrogens (tertiary/aromatic N) is 2. The summed E-state index contributed by atoms with van der Waals surface area (Å²) in [6, 6.07) is 1.66. The van der Waals surface area contributed by atoms with Crippen LogP contribution in [0.1, 0.15) is 17.3 Å². The fourth-order valence-corrected chi connectivity index (χ4v) is 1.54. The molecule has 0 radical (unpaired) electrons. The van der Waals surface area contributed by atoms with E-state index in [1.165, 1.54) is 0 Å². The highest BCUT2D eigenvalue weighted by Gasteiger charge is 2.11. The van der Waals surface area contributed by atoms with Gasteiger partial charge in [0.25, 0.3) is 0 Å². The van der Waals surface area contributed by atoms with Crippen LogP contribution in [0.4, 0.5) is 0 Å². The van der Waals surface area contributed by atoms with Crippen molar-refractivity contribution >= 4 is 23.1 Å². The van der Waals surface area contributed by atoms with Gasteiger partial charge in [-0.1, -0.05) is 11.6 Å². The Morgan fingerprint density at radius 1 is 1.67 bits per heavy atom. The average molecular weight is 225 g/mol. The van der Waals surface area contributed by atoms with Crippen molar-refractivity contribution in [3.8, 4) is 0 Å². The zero-order chi connectivity index (χ0) is 10.8. The number of fused-ring (bicyclic) bond motifs is 1. The summed E-state index contributed by atoms with van der Waals surface area (Å²) in [4.78, 5) is 15.3. The van der Waals surface area contributed by atoms with Gasteiger partial charge in [0.2, 0.25) is 0 Å². The number of halogens is 1. The molecule has 0 saturated heterocycles. The molecule has 2 aromatic rings. The molecule has 0 atom stereocenters. The number of hydrogen-bond acceptors (Lipinski definition) is 3. The topological polar surface area (TPSA) is 43.6 Å². The van der Waals surface area contributed by atoms with Gasteiger partial charge in [0.15, 0.2) is 5.15 Å². The van der Waals surface area contributed by atoms with Gasteiger partial charge < -0.3 is 9.14 Å². The molecule has 0 fully saturated rings. The Balaban J connectivity index is 2.47. The van der Waals surface area contributed by atoms with E-state index >= 15 is 0 Å². The molecule has 4 nitrogen and oxygen atoms in total. The van der Waals surface area contributed by atoms with Crippen LogP contribution in [0.15, 0.2) is 24.7 Å². The van der Waals surface area contributed by atoms with Crippen molar-refractivity contribution in [3.05, 3.63) is 35.4 Å². The van der Waals surface area contributed by atoms with Gasteiger partial charge in [-0.15, -0.1) is 0 Å². The van der Waals surface area contributed by atoms with Crippen molar-refractivity contribution in [2.75, 3.05) is 6.61 Å². The van der Waals surface area contributed by atoms with Gasteiger partial charge in [-0.25, -0.2) is 9.78 Å². The van der Waals surface area contributed by atoms with Crippen molar-refractivity contribution in [1.29, 1.82) is 0 Å². The lowest BCUT2D eigenvalue weighted by Crippen LogP contribution is -2.02. The van der Waals surface area contributed by atoms with Crippen LogP contribution in [0.25, 0.3) is 5.52 Å². The van der Waals surface area contributed by atoms with Gasteiger partial charge >= 0.3 is 5.97 Å². The summed E-state index contributed by atoms with van der Waals surface area (Å²) in [6.45, 7) is 2.12. The van der Waals surface area contributed by atoms with Crippen LogP contribution in [-0.2, 0) is 4.74 Å². The number of carbonyl (C=O) groups excluding carboxylic acids is 1. The van der Waals surface area contributed by atoms with Gasteiger partial charge in [0.05, 0.1) is 17.7 Å². The van der Waals surface area contributed by atoms with Crippen molar-refractivity contribution < 1.29 is 9.53 Å². The van der Waals surface area contributed by atoms with E-state index in [9.17, 15) is 4.79 Å². The molecule has 0 aliphatic carbocycles. The van der Waals surface area contributed by atoms with E-state index in [-0.39, 0.29) is 5.97 Å². The highest BCUT2D eigenvalue weighted by molar-refractivity contribution is 6.32. The molecule has 0 unspecified atom stereocenters. The van der Waals surface area contributed by atoms with Crippen LogP contribution in [0, 0.1) is 0 Å². The quantitative estimate of drug-likeness (QED) is 0.735. The normalized spacial score (nSPS) is 10.5. The number of aromatic nitrogens is 2. The summed E-state index contributed by atoms with van der Waals surface area (Å²) in [7, 11) is 0. The highest BCUT2D eigenvalue weighted by Crippen LogP contribution is 2.17. The molecule has 0 N–H and O–H groups in total. The molecule has 0 saturated carbocycles. The van der Waals surface area contributed by atoms with E-state index in [1.54, 1.807) is 36.0 Å². The average Bonchev–Trinajstić information content (AvgIpc) is 2.63. The van der Waals surface area contributed by atoms with Crippen molar-refractivity contribution in [2.45, 2.75) is 6.92 Å². The molecule has 15 heavy (non-hydrogen) atoms. The molecule has 0 aromatic carbocycles. The fraction of sp³-hybridized carbons (Fsp3) is 0.200. The summed E-state index contributed by atoms with van der Waals surface area (Å²) < 4.78 is 6.62. The minimum absolute atomic E-state index is 0.350. The summed E-state index contributed by atoms with van der Waals surface area (Å²) >= 11 is 5.87. The highest BCUT2D eigenvalue weighted by atomic mass is 35.5. The first kappa shape index (κ1) is 9.98. The van der Waals surface area contributed by atoms with Crippen LogP contribution in [0.2, 0.25) is 5.15 Å². The molecule has 2 rings (SSSR count). The Bertz CT molecular complexity index is 507. The predicted molar refractivity (Wildman–Crippen MR) is 56.2 cm³/mol. The zero-order valence-electron chi connectivity index (χ0n) is 8.11. The van der Waals surface area contributed by atoms with Crippen molar-refractivity contribution in [3.63, 3.8) is 0 Å². The molecule has 0 aliphatic heterocycles. The first-order chi connectivity index (χ1) is 7.22. The summed E-state index contributed by atoms with van der Waals surface area (Å²) in [5, 5.41) is 0.369. The minimum atomic E-state index is -0.350. The second kappa shape index (κ2) is 3.90. The molecule has 0 spiro atoms. The van der Waals surface area contributed by atoms with Crippen LogP contribution in [-0.4, -0.2) is 22.0 Å². The van der Waals surface area contributed by atoms with E-state index in [1.807, 2.05) is 0 Å². The van der Waals surface area contributed by atoms with Gasteiger partial charge in [0.1, 0.15) is 0 Å². The Labute approximate surface area is 91.4 Å². The number of carbonyl (C=O) groups is 1. The molecule has 2 aromatic heterocycles. The molecule has 2 heterocycles. The van der Waals surface area contributed by atoms with Crippen LogP contribution < -0.4 is 0 Å². The number of ether oxygens (including phenoxy) is 1. The van der Waals surface area contributed by atoms with Gasteiger partial charge in [0, 0.05) is 18.6 Å². The predicted octanol–water partition coefficient (Wildman–Crippen LogP) is 2.16. The Morgan fingerprint density at radius 3 is 3.13 bits per heavy atom. The third kappa shape index (κ3) is 1.80. The maximum Gasteiger partial charge on any atom is 0.339 e. The monoisotopic (exact) mass is 224 g/mol. The molecule has 0 amide bonds. The number of rotatable bonds is 2. The second-order valence-corrected chi connectivity index (χ2v) is 3.32. The standard InChI is InChI=1S/C10H9ClN2O2/c1-2-15-10(14)7-5-8-9(11)12-3-4-13(8)6-7/h3-6H,2H2,1H3. The van der Waals surface area contributed by atoms with Crippen LogP contribution in [0.3, 0.4) is 0 Å². The van der Waals surface area contributed by atoms with E-state index < -0.39 is 0 Å². The van der Waals surface area contributed by atoms with E-state index in [2.05, 4.69) is 4.98 Å². The minimum Gasteiger partial charge on any atom is -0.462 e. The summed E-state index contributed by atoms with van der Waals surface area (Å²) in [5.74, 6) is -0.350. The third-order valence-electron chi connectivity index (χ3n) is 1.99. The van der Waals surface area contributed by atoms with E-state index in [4.69, 9.17) is 16.3 Å².